The Morgan fingerprint density at radius 1 is 0.800 bits per heavy atom. The molecule has 0 atom stereocenters. The lowest BCUT2D eigenvalue weighted by Gasteiger charge is -2.05. The minimum absolute atomic E-state index is 0.109. The maximum atomic E-state index is 13.9. The van der Waals surface area contributed by atoms with E-state index >= 15 is 0 Å². The predicted octanol–water partition coefficient (Wildman–Crippen LogP) is 6.94. The average molecular weight is 350 g/mol. The van der Waals surface area contributed by atoms with Crippen LogP contribution in [-0.4, -0.2) is 0 Å². The molecule has 2 aromatic carbocycles. The Morgan fingerprint density at radius 2 is 1.40 bits per heavy atom. The fourth-order valence-electron chi connectivity index (χ4n) is 2.66. The van der Waals surface area contributed by atoms with Crippen LogP contribution in [0.4, 0.5) is 17.6 Å². The molecule has 0 bridgehead atoms. The largest absolute Gasteiger partial charge is 0.209 e. The van der Waals surface area contributed by atoms with Crippen molar-refractivity contribution in [3.63, 3.8) is 0 Å². The Labute approximate surface area is 146 Å². The van der Waals surface area contributed by atoms with Gasteiger partial charge in [0.1, 0.15) is 5.83 Å². The Bertz CT molecular complexity index is 717. The van der Waals surface area contributed by atoms with Gasteiger partial charge in [-0.25, -0.2) is 17.6 Å². The zero-order chi connectivity index (χ0) is 18.2. The van der Waals surface area contributed by atoms with E-state index in [1.165, 1.54) is 6.07 Å². The van der Waals surface area contributed by atoms with Crippen molar-refractivity contribution in [1.82, 2.24) is 0 Å². The molecule has 0 aromatic heterocycles. The summed E-state index contributed by atoms with van der Waals surface area (Å²) in [5.41, 5.74) is 2.07. The van der Waals surface area contributed by atoms with E-state index in [1.807, 2.05) is 0 Å². The summed E-state index contributed by atoms with van der Waals surface area (Å²) in [5.74, 6) is -3.15. The Hall–Kier alpha value is -2.10. The first-order chi connectivity index (χ1) is 12.0. The molecule has 0 spiro atoms. The lowest BCUT2D eigenvalue weighted by Crippen LogP contribution is -1.92. The molecule has 0 nitrogen and oxygen atoms in total. The molecule has 0 amide bonds. The highest BCUT2D eigenvalue weighted by atomic mass is 19.2. The van der Waals surface area contributed by atoms with Gasteiger partial charge in [-0.05, 0) is 55.4 Å². The number of hydrogen-bond donors (Lipinski definition) is 0. The highest BCUT2D eigenvalue weighted by Crippen LogP contribution is 2.24. The van der Waals surface area contributed by atoms with Crippen LogP contribution in [0.5, 0.6) is 0 Å². The fourth-order valence-corrected chi connectivity index (χ4v) is 2.66. The third-order valence-corrected chi connectivity index (χ3v) is 4.08. The topological polar surface area (TPSA) is 0 Å². The lowest BCUT2D eigenvalue weighted by atomic mass is 10.0. The van der Waals surface area contributed by atoms with E-state index in [0.717, 1.165) is 36.5 Å². The molecule has 0 N–H and O–H groups in total. The molecular weight excluding hydrogens is 328 g/mol. The van der Waals surface area contributed by atoms with Crippen LogP contribution in [0.1, 0.15) is 49.3 Å². The summed E-state index contributed by atoms with van der Waals surface area (Å²) in [6, 6.07) is 10.7. The molecule has 0 saturated carbocycles. The number of halogens is 4. The predicted molar refractivity (Wildman–Crippen MR) is 93.5 cm³/mol. The molecule has 134 valence electrons. The lowest BCUT2D eigenvalue weighted by molar-refractivity contribution is 0.506. The molecule has 0 fully saturated rings. The van der Waals surface area contributed by atoms with Gasteiger partial charge in [0.15, 0.2) is 17.5 Å². The van der Waals surface area contributed by atoms with Crippen molar-refractivity contribution in [3.8, 4) is 0 Å². The molecule has 2 rings (SSSR count). The summed E-state index contributed by atoms with van der Waals surface area (Å²) in [4.78, 5) is 0. The molecule has 4 heteroatoms. The average Bonchev–Trinajstić information content (AvgIpc) is 2.62. The number of aryl methyl sites for hydroxylation is 2. The minimum Gasteiger partial charge on any atom is -0.209 e. The standard InChI is InChI=1S/C21H22F4/c1-2-5-19(23)21(25)17-11-8-15(9-12-17)6-3-4-7-16-10-13-18(22)20(24)14-16/h8-14H,2-7H2,1H3. The maximum absolute atomic E-state index is 13.9. The minimum atomic E-state index is -0.833. The van der Waals surface area contributed by atoms with E-state index in [0.29, 0.717) is 12.8 Å². The van der Waals surface area contributed by atoms with Crippen molar-refractivity contribution in [2.24, 2.45) is 0 Å². The van der Waals surface area contributed by atoms with Crippen molar-refractivity contribution in [1.29, 1.82) is 0 Å². The van der Waals surface area contributed by atoms with Crippen LogP contribution in [0.15, 0.2) is 48.3 Å². The van der Waals surface area contributed by atoms with E-state index in [2.05, 4.69) is 0 Å². The summed E-state index contributed by atoms with van der Waals surface area (Å²) in [6.07, 6.45) is 3.86. The van der Waals surface area contributed by atoms with Crippen LogP contribution in [0.25, 0.3) is 5.83 Å². The van der Waals surface area contributed by atoms with Crippen LogP contribution in [0.3, 0.4) is 0 Å². The highest BCUT2D eigenvalue weighted by Gasteiger charge is 2.08. The first kappa shape index (κ1) is 19.2. The van der Waals surface area contributed by atoms with Crippen LogP contribution < -0.4 is 0 Å². The van der Waals surface area contributed by atoms with Crippen molar-refractivity contribution in [3.05, 3.63) is 76.6 Å². The van der Waals surface area contributed by atoms with Crippen LogP contribution >= 0.6 is 0 Å². The van der Waals surface area contributed by atoms with Gasteiger partial charge in [-0.15, -0.1) is 0 Å². The third-order valence-electron chi connectivity index (χ3n) is 4.08. The van der Waals surface area contributed by atoms with Gasteiger partial charge in [0.05, 0.1) is 0 Å². The summed E-state index contributed by atoms with van der Waals surface area (Å²) < 4.78 is 53.3. The first-order valence-electron chi connectivity index (χ1n) is 8.58. The second-order valence-corrected chi connectivity index (χ2v) is 6.12. The number of rotatable bonds is 8. The number of allylic oxidation sites excluding steroid dienone is 1. The monoisotopic (exact) mass is 350 g/mol. The molecule has 0 saturated heterocycles. The van der Waals surface area contributed by atoms with Gasteiger partial charge in [-0.3, -0.25) is 0 Å². The third kappa shape index (κ3) is 5.73. The number of hydrogen-bond acceptors (Lipinski definition) is 0. The molecular formula is C21H22F4. The first-order valence-corrected chi connectivity index (χ1v) is 8.58. The Balaban J connectivity index is 1.83. The zero-order valence-electron chi connectivity index (χ0n) is 14.3. The fraction of sp³-hybridized carbons (Fsp3) is 0.333. The molecule has 0 aliphatic rings. The molecule has 0 unspecified atom stereocenters. The Kier molecular flexibility index (Phi) is 7.23. The summed E-state index contributed by atoms with van der Waals surface area (Å²) >= 11 is 0. The molecule has 2 aromatic rings. The Morgan fingerprint density at radius 3 is 2.00 bits per heavy atom. The molecule has 0 aliphatic heterocycles. The molecule has 0 heterocycles. The second-order valence-electron chi connectivity index (χ2n) is 6.12. The normalized spacial score (nSPS) is 12.2. The smallest absolute Gasteiger partial charge is 0.161 e. The van der Waals surface area contributed by atoms with Gasteiger partial charge in [0.25, 0.3) is 0 Å². The van der Waals surface area contributed by atoms with Crippen molar-refractivity contribution < 1.29 is 17.6 Å². The van der Waals surface area contributed by atoms with Gasteiger partial charge in [-0.2, -0.15) is 0 Å². The quantitative estimate of drug-likeness (QED) is 0.357. The molecule has 0 radical (unpaired) electrons. The van der Waals surface area contributed by atoms with Crippen molar-refractivity contribution in [2.45, 2.75) is 45.4 Å². The highest BCUT2D eigenvalue weighted by molar-refractivity contribution is 5.61. The van der Waals surface area contributed by atoms with E-state index in [4.69, 9.17) is 0 Å². The zero-order valence-corrected chi connectivity index (χ0v) is 14.3. The van der Waals surface area contributed by atoms with E-state index in [-0.39, 0.29) is 12.0 Å². The van der Waals surface area contributed by atoms with E-state index in [1.54, 1.807) is 37.3 Å². The van der Waals surface area contributed by atoms with Gasteiger partial charge >= 0.3 is 0 Å². The number of unbranched alkanes of at least 4 members (excludes halogenated alkanes) is 1. The summed E-state index contributed by atoms with van der Waals surface area (Å²) in [5, 5.41) is 0. The van der Waals surface area contributed by atoms with Crippen LogP contribution in [0.2, 0.25) is 0 Å². The number of benzene rings is 2. The van der Waals surface area contributed by atoms with E-state index < -0.39 is 23.3 Å². The van der Waals surface area contributed by atoms with Gasteiger partial charge < -0.3 is 0 Å². The van der Waals surface area contributed by atoms with Crippen molar-refractivity contribution >= 4 is 5.83 Å². The van der Waals surface area contributed by atoms with Gasteiger partial charge in [-0.1, -0.05) is 37.3 Å². The van der Waals surface area contributed by atoms with Crippen LogP contribution in [-0.2, 0) is 12.8 Å². The van der Waals surface area contributed by atoms with Gasteiger partial charge in [0, 0.05) is 12.0 Å². The maximum Gasteiger partial charge on any atom is 0.161 e. The molecule has 25 heavy (non-hydrogen) atoms. The summed E-state index contributed by atoms with van der Waals surface area (Å²) in [7, 11) is 0. The molecule has 0 aliphatic carbocycles. The SMILES string of the molecule is CCCC(F)=C(F)c1ccc(CCCCc2ccc(F)c(F)c2)cc1. The van der Waals surface area contributed by atoms with Gasteiger partial charge in [0.2, 0.25) is 0 Å². The van der Waals surface area contributed by atoms with Crippen molar-refractivity contribution in [2.75, 3.05) is 0 Å². The van der Waals surface area contributed by atoms with E-state index in [9.17, 15) is 17.6 Å². The summed E-state index contributed by atoms with van der Waals surface area (Å²) in [6.45, 7) is 1.80. The second kappa shape index (κ2) is 9.40. The van der Waals surface area contributed by atoms with Crippen LogP contribution in [0, 0.1) is 11.6 Å².